The maximum absolute atomic E-state index is 12.4. The third kappa shape index (κ3) is 2.98. The number of carbonyl (C=O) groups is 1. The van der Waals surface area contributed by atoms with Crippen LogP contribution in [0.2, 0.25) is 0 Å². The van der Waals surface area contributed by atoms with E-state index >= 15 is 0 Å². The van der Waals surface area contributed by atoms with Gasteiger partial charge < -0.3 is 10.0 Å². The van der Waals surface area contributed by atoms with E-state index in [0.717, 1.165) is 19.4 Å². The van der Waals surface area contributed by atoms with E-state index in [0.29, 0.717) is 5.56 Å². The number of carbonyl (C=O) groups excluding carboxylic acids is 1. The molecule has 1 aromatic carbocycles. The van der Waals surface area contributed by atoms with Crippen LogP contribution >= 0.6 is 0 Å². The summed E-state index contributed by atoms with van der Waals surface area (Å²) in [6.45, 7) is 7.29. The third-order valence-corrected chi connectivity index (χ3v) is 3.85. The van der Waals surface area contributed by atoms with Crippen LogP contribution in [-0.2, 0) is 5.41 Å². The van der Waals surface area contributed by atoms with Crippen LogP contribution in [0.3, 0.4) is 0 Å². The van der Waals surface area contributed by atoms with Crippen molar-refractivity contribution in [1.82, 2.24) is 4.90 Å². The fraction of sp³-hybridized carbons (Fsp3) is 0.562. The summed E-state index contributed by atoms with van der Waals surface area (Å²) in [7, 11) is 0. The Bertz CT molecular complexity index is 445. The normalized spacial score (nSPS) is 19.8. The number of amides is 1. The summed E-state index contributed by atoms with van der Waals surface area (Å²) < 4.78 is 0. The van der Waals surface area contributed by atoms with Crippen LogP contribution in [0.4, 0.5) is 0 Å². The third-order valence-electron chi connectivity index (χ3n) is 3.85. The fourth-order valence-electron chi connectivity index (χ4n) is 2.57. The second kappa shape index (κ2) is 5.33. The molecule has 0 radical (unpaired) electrons. The molecule has 1 aromatic rings. The molecule has 104 valence electrons. The van der Waals surface area contributed by atoms with Crippen LogP contribution in [0, 0.1) is 0 Å². The Kier molecular flexibility index (Phi) is 3.95. The van der Waals surface area contributed by atoms with Crippen molar-refractivity contribution in [2.75, 3.05) is 13.2 Å². The number of benzene rings is 1. The first-order valence-electron chi connectivity index (χ1n) is 6.96. The summed E-state index contributed by atoms with van der Waals surface area (Å²) in [5.41, 5.74) is 2.04. The summed E-state index contributed by atoms with van der Waals surface area (Å²) in [6, 6.07) is 7.84. The molecule has 1 unspecified atom stereocenters. The van der Waals surface area contributed by atoms with Crippen molar-refractivity contribution in [2.45, 2.75) is 45.1 Å². The van der Waals surface area contributed by atoms with Crippen molar-refractivity contribution in [3.63, 3.8) is 0 Å². The van der Waals surface area contributed by atoms with Gasteiger partial charge in [0, 0.05) is 12.1 Å². The highest BCUT2D eigenvalue weighted by Crippen LogP contribution is 2.24. The molecule has 1 heterocycles. The standard InChI is InChI=1S/C16H23NO2/c1-16(2,3)13-8-6-12(7-9-13)15(19)17-10-4-5-14(17)11-18/h6-9,14,18H,4-5,10-11H2,1-3H3. The van der Waals surface area contributed by atoms with Crippen molar-refractivity contribution >= 4 is 5.91 Å². The van der Waals surface area contributed by atoms with Crippen LogP contribution in [-0.4, -0.2) is 35.1 Å². The topological polar surface area (TPSA) is 40.5 Å². The van der Waals surface area contributed by atoms with Gasteiger partial charge >= 0.3 is 0 Å². The predicted octanol–water partition coefficient (Wildman–Crippen LogP) is 2.58. The van der Waals surface area contributed by atoms with E-state index in [1.807, 2.05) is 24.3 Å². The Hall–Kier alpha value is -1.35. The van der Waals surface area contributed by atoms with Gasteiger partial charge in [-0.1, -0.05) is 32.9 Å². The number of hydrogen-bond acceptors (Lipinski definition) is 2. The lowest BCUT2D eigenvalue weighted by atomic mass is 9.86. The number of rotatable bonds is 2. The van der Waals surface area contributed by atoms with Gasteiger partial charge in [-0.15, -0.1) is 0 Å². The van der Waals surface area contributed by atoms with Gasteiger partial charge in [-0.05, 0) is 36.0 Å². The Balaban J connectivity index is 2.16. The Morgan fingerprint density at radius 1 is 1.32 bits per heavy atom. The van der Waals surface area contributed by atoms with Crippen LogP contribution in [0.1, 0.15) is 49.5 Å². The van der Waals surface area contributed by atoms with Crippen molar-refractivity contribution < 1.29 is 9.90 Å². The van der Waals surface area contributed by atoms with E-state index in [2.05, 4.69) is 20.8 Å². The number of aliphatic hydroxyl groups excluding tert-OH is 1. The Labute approximate surface area is 115 Å². The number of aliphatic hydroxyl groups is 1. The minimum absolute atomic E-state index is 0.00482. The lowest BCUT2D eigenvalue weighted by Crippen LogP contribution is -2.37. The minimum atomic E-state index is -0.00482. The highest BCUT2D eigenvalue weighted by atomic mass is 16.3. The number of likely N-dealkylation sites (tertiary alicyclic amines) is 1. The average molecular weight is 261 g/mol. The SMILES string of the molecule is CC(C)(C)c1ccc(C(=O)N2CCCC2CO)cc1. The second-order valence-corrected chi connectivity index (χ2v) is 6.30. The quantitative estimate of drug-likeness (QED) is 0.889. The summed E-state index contributed by atoms with van der Waals surface area (Å²) in [5, 5.41) is 9.29. The molecule has 0 saturated carbocycles. The lowest BCUT2D eigenvalue weighted by Gasteiger charge is -2.24. The first-order valence-corrected chi connectivity index (χ1v) is 6.96. The van der Waals surface area contributed by atoms with Crippen molar-refractivity contribution in [1.29, 1.82) is 0 Å². The molecule has 0 spiro atoms. The summed E-state index contributed by atoms with van der Waals surface area (Å²) in [6.07, 6.45) is 1.89. The zero-order valence-electron chi connectivity index (χ0n) is 12.0. The molecule has 0 aliphatic carbocycles. The largest absolute Gasteiger partial charge is 0.394 e. The van der Waals surface area contributed by atoms with E-state index in [1.54, 1.807) is 4.90 Å². The molecule has 1 N–H and O–H groups in total. The van der Waals surface area contributed by atoms with Crippen LogP contribution < -0.4 is 0 Å². The van der Waals surface area contributed by atoms with E-state index in [1.165, 1.54) is 5.56 Å². The maximum Gasteiger partial charge on any atom is 0.254 e. The molecule has 1 aliphatic heterocycles. The van der Waals surface area contributed by atoms with Gasteiger partial charge in [-0.2, -0.15) is 0 Å². The van der Waals surface area contributed by atoms with Gasteiger partial charge in [-0.3, -0.25) is 4.79 Å². The van der Waals surface area contributed by atoms with Gasteiger partial charge in [0.25, 0.3) is 5.91 Å². The molecule has 0 bridgehead atoms. The zero-order chi connectivity index (χ0) is 14.0. The molecule has 1 atom stereocenters. The molecule has 3 nitrogen and oxygen atoms in total. The zero-order valence-corrected chi connectivity index (χ0v) is 12.0. The smallest absolute Gasteiger partial charge is 0.254 e. The fourth-order valence-corrected chi connectivity index (χ4v) is 2.57. The second-order valence-electron chi connectivity index (χ2n) is 6.30. The van der Waals surface area contributed by atoms with Crippen molar-refractivity contribution in [2.24, 2.45) is 0 Å². The number of nitrogens with zero attached hydrogens (tertiary/aromatic N) is 1. The van der Waals surface area contributed by atoms with Gasteiger partial charge in [-0.25, -0.2) is 0 Å². The highest BCUT2D eigenvalue weighted by Gasteiger charge is 2.28. The van der Waals surface area contributed by atoms with E-state index in [-0.39, 0.29) is 24.0 Å². The molecule has 1 fully saturated rings. The lowest BCUT2D eigenvalue weighted by molar-refractivity contribution is 0.0677. The van der Waals surface area contributed by atoms with Gasteiger partial charge in [0.05, 0.1) is 12.6 Å². The molecule has 1 amide bonds. The molecular formula is C16H23NO2. The van der Waals surface area contributed by atoms with Gasteiger partial charge in [0.2, 0.25) is 0 Å². The predicted molar refractivity (Wildman–Crippen MR) is 76.3 cm³/mol. The molecular weight excluding hydrogens is 238 g/mol. The first-order chi connectivity index (χ1) is 8.93. The molecule has 3 heteroatoms. The highest BCUT2D eigenvalue weighted by molar-refractivity contribution is 5.94. The summed E-state index contributed by atoms with van der Waals surface area (Å²) >= 11 is 0. The van der Waals surface area contributed by atoms with E-state index in [9.17, 15) is 9.90 Å². The van der Waals surface area contributed by atoms with Crippen molar-refractivity contribution in [3.8, 4) is 0 Å². The molecule has 0 aromatic heterocycles. The van der Waals surface area contributed by atoms with Gasteiger partial charge in [0.15, 0.2) is 0 Å². The van der Waals surface area contributed by atoms with Crippen molar-refractivity contribution in [3.05, 3.63) is 35.4 Å². The average Bonchev–Trinajstić information content (AvgIpc) is 2.85. The monoisotopic (exact) mass is 261 g/mol. The van der Waals surface area contributed by atoms with Gasteiger partial charge in [0.1, 0.15) is 0 Å². The van der Waals surface area contributed by atoms with E-state index < -0.39 is 0 Å². The first kappa shape index (κ1) is 14.1. The molecule has 19 heavy (non-hydrogen) atoms. The maximum atomic E-state index is 12.4. The van der Waals surface area contributed by atoms with Crippen LogP contribution in [0.15, 0.2) is 24.3 Å². The molecule has 2 rings (SSSR count). The number of hydrogen-bond donors (Lipinski definition) is 1. The Morgan fingerprint density at radius 3 is 2.47 bits per heavy atom. The summed E-state index contributed by atoms with van der Waals surface area (Å²) in [4.78, 5) is 14.2. The van der Waals surface area contributed by atoms with E-state index in [4.69, 9.17) is 0 Å². The minimum Gasteiger partial charge on any atom is -0.394 e. The summed E-state index contributed by atoms with van der Waals surface area (Å²) in [5.74, 6) is 0.0389. The van der Waals surface area contributed by atoms with Crippen LogP contribution in [0.5, 0.6) is 0 Å². The molecule has 1 aliphatic rings. The Morgan fingerprint density at radius 2 is 1.95 bits per heavy atom. The molecule has 1 saturated heterocycles. The van der Waals surface area contributed by atoms with Crippen LogP contribution in [0.25, 0.3) is 0 Å².